The van der Waals surface area contributed by atoms with E-state index < -0.39 is 0 Å². The van der Waals surface area contributed by atoms with Crippen molar-refractivity contribution in [2.75, 3.05) is 0 Å². The van der Waals surface area contributed by atoms with Crippen LogP contribution in [0.2, 0.25) is 0 Å². The van der Waals surface area contributed by atoms with Gasteiger partial charge in [0, 0.05) is 12.8 Å². The van der Waals surface area contributed by atoms with Crippen molar-refractivity contribution in [3.8, 4) is 0 Å². The number of esters is 1. The first-order valence-electron chi connectivity index (χ1n) is 9.27. The van der Waals surface area contributed by atoms with Crippen LogP contribution in [0.4, 0.5) is 0 Å². The summed E-state index contributed by atoms with van der Waals surface area (Å²) in [7, 11) is 0. The maximum atomic E-state index is 11.7. The van der Waals surface area contributed by atoms with Gasteiger partial charge in [-0.1, -0.05) is 50.6 Å². The molecule has 0 saturated heterocycles. The van der Waals surface area contributed by atoms with Crippen LogP contribution in [-0.2, 0) is 9.53 Å². The fraction of sp³-hybridized carbons (Fsp3) is 0.591. The lowest BCUT2D eigenvalue weighted by molar-refractivity contribution is -0.139. The lowest BCUT2D eigenvalue weighted by Crippen LogP contribution is -2.14. The van der Waals surface area contributed by atoms with Gasteiger partial charge in [0.05, 0.1) is 0 Å². The highest BCUT2D eigenvalue weighted by Gasteiger charge is 2.29. The summed E-state index contributed by atoms with van der Waals surface area (Å²) in [5.41, 5.74) is 1.38. The van der Waals surface area contributed by atoms with E-state index in [4.69, 9.17) is 4.74 Å². The van der Waals surface area contributed by atoms with E-state index in [1.54, 1.807) is 6.08 Å². The molecular weight excluding hydrogens is 296 g/mol. The third kappa shape index (κ3) is 7.33. The van der Waals surface area contributed by atoms with Gasteiger partial charge >= 0.3 is 5.97 Å². The molecule has 0 unspecified atom stereocenters. The molecule has 0 radical (unpaired) electrons. The second-order valence-corrected chi connectivity index (χ2v) is 7.20. The molecule has 0 aromatic heterocycles. The molecule has 0 fully saturated rings. The second-order valence-electron chi connectivity index (χ2n) is 7.20. The molecule has 1 rings (SSSR count). The number of carbonyl (C=O) groups excluding carboxylic acids is 1. The quantitative estimate of drug-likeness (QED) is 0.180. The van der Waals surface area contributed by atoms with Gasteiger partial charge in [0.1, 0.15) is 5.76 Å². The summed E-state index contributed by atoms with van der Waals surface area (Å²) in [6.45, 7) is 15.9. The minimum atomic E-state index is -0.208. The largest absolute Gasteiger partial charge is 0.431 e. The van der Waals surface area contributed by atoms with E-state index in [2.05, 4.69) is 39.7 Å². The molecule has 0 N–H and O–H groups in total. The molecule has 0 aromatic carbocycles. The Morgan fingerprint density at radius 1 is 1.29 bits per heavy atom. The van der Waals surface area contributed by atoms with Crippen LogP contribution >= 0.6 is 0 Å². The van der Waals surface area contributed by atoms with Crippen molar-refractivity contribution >= 4 is 5.97 Å². The first-order valence-corrected chi connectivity index (χ1v) is 9.27. The first kappa shape index (κ1) is 20.5. The van der Waals surface area contributed by atoms with Gasteiger partial charge in [-0.05, 0) is 49.9 Å². The summed E-state index contributed by atoms with van der Waals surface area (Å²) in [4.78, 5) is 11.7. The van der Waals surface area contributed by atoms with E-state index >= 15 is 0 Å². The van der Waals surface area contributed by atoms with Gasteiger partial charge in [0.15, 0.2) is 0 Å². The van der Waals surface area contributed by atoms with Crippen LogP contribution in [0.3, 0.4) is 0 Å². The molecule has 1 aliphatic rings. The molecule has 0 spiro atoms. The molecule has 2 heteroatoms. The number of hydrogen-bond acceptors (Lipinski definition) is 2. The molecule has 134 valence electrons. The van der Waals surface area contributed by atoms with Gasteiger partial charge in [-0.3, -0.25) is 4.79 Å². The topological polar surface area (TPSA) is 26.3 Å². The molecule has 0 heterocycles. The molecule has 0 aliphatic heterocycles. The average Bonchev–Trinajstić information content (AvgIpc) is 2.92. The van der Waals surface area contributed by atoms with E-state index in [0.29, 0.717) is 42.8 Å². The molecule has 0 aromatic rings. The summed E-state index contributed by atoms with van der Waals surface area (Å²) < 4.78 is 5.33. The SMILES string of the molecule is C=CCCCC[C@H]1CC(CC(=C)OC(=O)CCC=C)=C[C@@H]1C(C)C. The molecule has 1 aliphatic carbocycles. The van der Waals surface area contributed by atoms with E-state index in [9.17, 15) is 4.79 Å². The van der Waals surface area contributed by atoms with Gasteiger partial charge in [-0.25, -0.2) is 0 Å². The van der Waals surface area contributed by atoms with Gasteiger partial charge in [0.2, 0.25) is 0 Å². The monoisotopic (exact) mass is 330 g/mol. The van der Waals surface area contributed by atoms with Crippen LogP contribution < -0.4 is 0 Å². The lowest BCUT2D eigenvalue weighted by Gasteiger charge is -2.22. The summed E-state index contributed by atoms with van der Waals surface area (Å²) in [6.07, 6.45) is 13.8. The third-order valence-electron chi connectivity index (χ3n) is 4.73. The van der Waals surface area contributed by atoms with Crippen molar-refractivity contribution in [1.82, 2.24) is 0 Å². The number of allylic oxidation sites excluding steroid dienone is 4. The molecular formula is C22H34O2. The van der Waals surface area contributed by atoms with Crippen LogP contribution in [0.25, 0.3) is 0 Å². The Bertz CT molecular complexity index is 470. The second kappa shape index (κ2) is 11.1. The number of ether oxygens (including phenoxy) is 1. The van der Waals surface area contributed by atoms with Crippen molar-refractivity contribution in [2.45, 2.75) is 65.2 Å². The van der Waals surface area contributed by atoms with Crippen LogP contribution in [0.15, 0.2) is 49.3 Å². The van der Waals surface area contributed by atoms with Crippen molar-refractivity contribution in [1.29, 1.82) is 0 Å². The Kier molecular flexibility index (Phi) is 9.44. The first-order chi connectivity index (χ1) is 11.5. The summed E-state index contributed by atoms with van der Waals surface area (Å²) >= 11 is 0. The maximum absolute atomic E-state index is 11.7. The van der Waals surface area contributed by atoms with E-state index in [1.165, 1.54) is 24.8 Å². The molecule has 0 bridgehead atoms. The average molecular weight is 331 g/mol. The molecule has 2 atom stereocenters. The molecule has 2 nitrogen and oxygen atoms in total. The highest BCUT2D eigenvalue weighted by atomic mass is 16.5. The Morgan fingerprint density at radius 2 is 2.00 bits per heavy atom. The fourth-order valence-electron chi connectivity index (χ4n) is 3.53. The molecule has 24 heavy (non-hydrogen) atoms. The van der Waals surface area contributed by atoms with Gasteiger partial charge < -0.3 is 4.74 Å². The number of hydrogen-bond donors (Lipinski definition) is 0. The van der Waals surface area contributed by atoms with Crippen molar-refractivity contribution in [2.24, 2.45) is 17.8 Å². The van der Waals surface area contributed by atoms with Crippen molar-refractivity contribution < 1.29 is 9.53 Å². The Morgan fingerprint density at radius 3 is 2.62 bits per heavy atom. The summed E-state index contributed by atoms with van der Waals surface area (Å²) in [5, 5.41) is 0. The maximum Gasteiger partial charge on any atom is 0.311 e. The van der Waals surface area contributed by atoms with Crippen molar-refractivity contribution in [3.63, 3.8) is 0 Å². The number of unbranched alkanes of at least 4 members (excludes halogenated alkanes) is 2. The van der Waals surface area contributed by atoms with E-state index in [0.717, 1.165) is 12.8 Å². The Labute approximate surface area is 148 Å². The molecule has 0 amide bonds. The lowest BCUT2D eigenvalue weighted by atomic mass is 9.83. The standard InChI is InChI=1S/C22H34O2/c1-6-8-10-11-12-20-15-19(16-21(20)17(3)4)14-18(5)24-22(23)13-9-7-2/h6-7,16-17,20-21H,1-2,5,8-15H2,3-4H3/t20-,21+/m0/s1. The predicted molar refractivity (Wildman–Crippen MR) is 102 cm³/mol. The highest BCUT2D eigenvalue weighted by molar-refractivity contribution is 5.70. The number of rotatable bonds is 12. The highest BCUT2D eigenvalue weighted by Crippen LogP contribution is 2.40. The smallest absolute Gasteiger partial charge is 0.311 e. The van der Waals surface area contributed by atoms with Crippen LogP contribution in [0.5, 0.6) is 0 Å². The van der Waals surface area contributed by atoms with Crippen LogP contribution in [0, 0.1) is 17.8 Å². The molecule has 0 saturated carbocycles. The fourth-order valence-corrected chi connectivity index (χ4v) is 3.53. The zero-order valence-electron chi connectivity index (χ0n) is 15.6. The Balaban J connectivity index is 2.48. The zero-order valence-corrected chi connectivity index (χ0v) is 15.6. The van der Waals surface area contributed by atoms with Crippen LogP contribution in [0.1, 0.15) is 65.2 Å². The minimum absolute atomic E-state index is 0.208. The number of carbonyl (C=O) groups is 1. The normalized spacial score (nSPS) is 19.9. The van der Waals surface area contributed by atoms with E-state index in [1.807, 2.05) is 6.08 Å². The van der Waals surface area contributed by atoms with Gasteiger partial charge in [-0.2, -0.15) is 0 Å². The van der Waals surface area contributed by atoms with Gasteiger partial charge in [0.25, 0.3) is 0 Å². The van der Waals surface area contributed by atoms with Crippen LogP contribution in [-0.4, -0.2) is 5.97 Å². The predicted octanol–water partition coefficient (Wildman–Crippen LogP) is 6.36. The van der Waals surface area contributed by atoms with E-state index in [-0.39, 0.29) is 5.97 Å². The summed E-state index contributed by atoms with van der Waals surface area (Å²) in [5.74, 6) is 2.36. The van der Waals surface area contributed by atoms with Crippen molar-refractivity contribution in [3.05, 3.63) is 49.3 Å². The Hall–Kier alpha value is -1.57. The third-order valence-corrected chi connectivity index (χ3v) is 4.73. The zero-order chi connectivity index (χ0) is 17.9. The van der Waals surface area contributed by atoms with Gasteiger partial charge in [-0.15, -0.1) is 13.2 Å². The summed E-state index contributed by atoms with van der Waals surface area (Å²) in [6, 6.07) is 0. The minimum Gasteiger partial charge on any atom is -0.431 e.